The first-order valence-corrected chi connectivity index (χ1v) is 8.86. The molecule has 0 radical (unpaired) electrons. The van der Waals surface area contributed by atoms with E-state index in [1.165, 1.54) is 61.6 Å². The van der Waals surface area contributed by atoms with Crippen LogP contribution in [-0.4, -0.2) is 0 Å². The zero-order chi connectivity index (χ0) is 15.2. The fourth-order valence-electron chi connectivity index (χ4n) is 3.69. The monoisotopic (exact) mass is 284 g/mol. The Morgan fingerprint density at radius 1 is 1.19 bits per heavy atom. The van der Waals surface area contributed by atoms with Crippen molar-refractivity contribution in [2.24, 2.45) is 11.8 Å². The van der Waals surface area contributed by atoms with Crippen LogP contribution >= 0.6 is 0 Å². The van der Waals surface area contributed by atoms with Gasteiger partial charge in [-0.05, 0) is 48.6 Å². The average molecular weight is 284 g/mol. The van der Waals surface area contributed by atoms with Crippen LogP contribution in [0.3, 0.4) is 0 Å². The van der Waals surface area contributed by atoms with Gasteiger partial charge in [-0.2, -0.15) is 0 Å². The molecule has 0 aliphatic heterocycles. The Kier molecular flexibility index (Phi) is 6.08. The van der Waals surface area contributed by atoms with Crippen LogP contribution < -0.4 is 0 Å². The fourth-order valence-corrected chi connectivity index (χ4v) is 3.69. The van der Waals surface area contributed by atoms with Gasteiger partial charge in [0.1, 0.15) is 0 Å². The molecule has 1 fully saturated rings. The van der Waals surface area contributed by atoms with Crippen molar-refractivity contribution in [2.45, 2.75) is 71.6 Å². The molecule has 0 spiro atoms. The summed E-state index contributed by atoms with van der Waals surface area (Å²) >= 11 is 0. The molecule has 116 valence electrons. The minimum absolute atomic E-state index is 0.674. The van der Waals surface area contributed by atoms with Crippen LogP contribution in [0.25, 0.3) is 5.57 Å². The Labute approximate surface area is 131 Å². The Morgan fingerprint density at radius 3 is 2.48 bits per heavy atom. The lowest BCUT2D eigenvalue weighted by Crippen LogP contribution is -2.14. The van der Waals surface area contributed by atoms with Crippen molar-refractivity contribution in [3.8, 4) is 0 Å². The first-order chi connectivity index (χ1) is 10.1. The van der Waals surface area contributed by atoms with Crippen LogP contribution in [0.4, 0.5) is 0 Å². The molecule has 0 unspecified atom stereocenters. The summed E-state index contributed by atoms with van der Waals surface area (Å²) in [5.74, 6) is 2.68. The van der Waals surface area contributed by atoms with E-state index >= 15 is 0 Å². The minimum atomic E-state index is 0.674. The highest BCUT2D eigenvalue weighted by Gasteiger charge is 2.20. The molecule has 0 amide bonds. The number of hydrogen-bond acceptors (Lipinski definition) is 0. The van der Waals surface area contributed by atoms with Gasteiger partial charge in [-0.25, -0.2) is 0 Å². The summed E-state index contributed by atoms with van der Waals surface area (Å²) in [6, 6.07) is 8.97. The number of hydrogen-bond donors (Lipinski definition) is 0. The minimum Gasteiger partial charge on any atom is -0.0955 e. The van der Waals surface area contributed by atoms with Gasteiger partial charge in [-0.1, -0.05) is 82.4 Å². The van der Waals surface area contributed by atoms with Crippen molar-refractivity contribution in [2.75, 3.05) is 0 Å². The third kappa shape index (κ3) is 4.73. The van der Waals surface area contributed by atoms with E-state index in [1.54, 1.807) is 0 Å². The summed E-state index contributed by atoms with van der Waals surface area (Å²) in [6.07, 6.45) is 10.0. The molecule has 1 aromatic rings. The van der Waals surface area contributed by atoms with Gasteiger partial charge in [0.05, 0.1) is 0 Å². The topological polar surface area (TPSA) is 0 Å². The van der Waals surface area contributed by atoms with Crippen molar-refractivity contribution in [1.82, 2.24) is 0 Å². The molecule has 0 bridgehead atoms. The maximum absolute atomic E-state index is 4.06. The van der Waals surface area contributed by atoms with Gasteiger partial charge >= 0.3 is 0 Å². The van der Waals surface area contributed by atoms with Crippen molar-refractivity contribution >= 4 is 5.57 Å². The SMILES string of the molecule is C=C(C)c1cccc([C@H](C)CCC2CCC(CC)CC2)c1. The van der Waals surface area contributed by atoms with Crippen LogP contribution in [0, 0.1) is 11.8 Å². The average Bonchev–Trinajstić information content (AvgIpc) is 2.53. The van der Waals surface area contributed by atoms with E-state index in [4.69, 9.17) is 0 Å². The van der Waals surface area contributed by atoms with Crippen molar-refractivity contribution in [3.05, 3.63) is 42.0 Å². The maximum Gasteiger partial charge on any atom is -0.0190 e. The second-order valence-corrected chi connectivity index (χ2v) is 7.18. The summed E-state index contributed by atoms with van der Waals surface area (Å²) in [4.78, 5) is 0. The molecule has 0 saturated heterocycles. The molecule has 1 aliphatic carbocycles. The van der Waals surface area contributed by atoms with Crippen LogP contribution in [0.1, 0.15) is 82.8 Å². The zero-order valence-corrected chi connectivity index (χ0v) is 14.2. The van der Waals surface area contributed by atoms with Gasteiger partial charge in [0.25, 0.3) is 0 Å². The first-order valence-electron chi connectivity index (χ1n) is 8.86. The molecule has 0 heterocycles. The van der Waals surface area contributed by atoms with E-state index in [2.05, 4.69) is 51.6 Å². The molecule has 1 atom stereocenters. The van der Waals surface area contributed by atoms with E-state index in [0.29, 0.717) is 5.92 Å². The largest absolute Gasteiger partial charge is 0.0955 e. The quantitative estimate of drug-likeness (QED) is 0.537. The lowest BCUT2D eigenvalue weighted by Gasteiger charge is -2.28. The molecular formula is C21H32. The van der Waals surface area contributed by atoms with E-state index < -0.39 is 0 Å². The summed E-state index contributed by atoms with van der Waals surface area (Å²) < 4.78 is 0. The Bertz CT molecular complexity index is 449. The Morgan fingerprint density at radius 2 is 1.86 bits per heavy atom. The molecular weight excluding hydrogens is 252 g/mol. The lowest BCUT2D eigenvalue weighted by molar-refractivity contribution is 0.252. The van der Waals surface area contributed by atoms with Crippen molar-refractivity contribution in [1.29, 1.82) is 0 Å². The fraction of sp³-hybridized carbons (Fsp3) is 0.619. The van der Waals surface area contributed by atoms with Crippen molar-refractivity contribution < 1.29 is 0 Å². The van der Waals surface area contributed by atoms with E-state index in [0.717, 1.165) is 11.8 Å². The number of allylic oxidation sites excluding steroid dienone is 1. The number of benzene rings is 1. The van der Waals surface area contributed by atoms with Gasteiger partial charge in [0, 0.05) is 0 Å². The predicted molar refractivity (Wildman–Crippen MR) is 94.5 cm³/mol. The van der Waals surface area contributed by atoms with Gasteiger partial charge in [0.2, 0.25) is 0 Å². The van der Waals surface area contributed by atoms with Gasteiger partial charge < -0.3 is 0 Å². The summed E-state index contributed by atoms with van der Waals surface area (Å²) in [6.45, 7) is 10.9. The Hall–Kier alpha value is -1.04. The molecule has 0 nitrogen and oxygen atoms in total. The van der Waals surface area contributed by atoms with E-state index in [1.807, 2.05) is 0 Å². The molecule has 1 aliphatic rings. The lowest BCUT2D eigenvalue weighted by atomic mass is 9.78. The van der Waals surface area contributed by atoms with Gasteiger partial charge in [-0.3, -0.25) is 0 Å². The molecule has 0 aromatic heterocycles. The van der Waals surface area contributed by atoms with Crippen LogP contribution in [0.15, 0.2) is 30.8 Å². The summed E-state index contributed by atoms with van der Waals surface area (Å²) in [5.41, 5.74) is 3.95. The van der Waals surface area contributed by atoms with Crippen molar-refractivity contribution in [3.63, 3.8) is 0 Å². The summed E-state index contributed by atoms with van der Waals surface area (Å²) in [7, 11) is 0. The van der Waals surface area contributed by atoms with Gasteiger partial charge in [-0.15, -0.1) is 0 Å². The standard InChI is InChI=1S/C21H32/c1-5-18-11-13-19(14-12-18)10-9-17(4)21-8-6-7-20(15-21)16(2)3/h6-8,15,17-19H,2,5,9-14H2,1,3-4H3/t17-,18?,19?/m1/s1. The Balaban J connectivity index is 1.83. The molecule has 0 heteroatoms. The molecule has 2 rings (SSSR count). The summed E-state index contributed by atoms with van der Waals surface area (Å²) in [5, 5.41) is 0. The predicted octanol–water partition coefficient (Wildman–Crippen LogP) is 6.82. The second-order valence-electron chi connectivity index (χ2n) is 7.18. The third-order valence-electron chi connectivity index (χ3n) is 5.50. The number of rotatable bonds is 6. The smallest absolute Gasteiger partial charge is 0.0190 e. The van der Waals surface area contributed by atoms with Crippen LogP contribution in [-0.2, 0) is 0 Å². The van der Waals surface area contributed by atoms with Crippen LogP contribution in [0.5, 0.6) is 0 Å². The zero-order valence-electron chi connectivity index (χ0n) is 14.2. The normalized spacial score (nSPS) is 23.8. The first kappa shape index (κ1) is 16.3. The van der Waals surface area contributed by atoms with Gasteiger partial charge in [0.15, 0.2) is 0 Å². The highest BCUT2D eigenvalue weighted by Crippen LogP contribution is 2.35. The molecule has 1 saturated carbocycles. The highest BCUT2D eigenvalue weighted by molar-refractivity contribution is 5.61. The van der Waals surface area contributed by atoms with E-state index in [9.17, 15) is 0 Å². The maximum atomic E-state index is 4.06. The highest BCUT2D eigenvalue weighted by atomic mass is 14.3. The molecule has 1 aromatic carbocycles. The molecule has 0 N–H and O–H groups in total. The van der Waals surface area contributed by atoms with Crippen LogP contribution in [0.2, 0.25) is 0 Å². The van der Waals surface area contributed by atoms with E-state index in [-0.39, 0.29) is 0 Å². The second kappa shape index (κ2) is 7.82. The molecule has 21 heavy (non-hydrogen) atoms. The third-order valence-corrected chi connectivity index (χ3v) is 5.50.